The number of nitrogens with zero attached hydrogens (tertiary/aromatic N) is 4. The number of aliphatic imine (C=N–C) groups is 1. The molecule has 0 spiro atoms. The number of rotatable bonds is 15. The molecular formula is C43H57N5O7P+. The Hall–Kier alpha value is -4.29. The Morgan fingerprint density at radius 2 is 1.54 bits per heavy atom. The molecule has 5 atom stereocenters. The Kier molecular flexibility index (Phi) is 15.5. The van der Waals surface area contributed by atoms with E-state index in [0.29, 0.717) is 17.1 Å². The lowest BCUT2D eigenvalue weighted by atomic mass is 9.80. The highest BCUT2D eigenvalue weighted by Gasteiger charge is 2.50. The summed E-state index contributed by atoms with van der Waals surface area (Å²) < 4.78 is 38.6. The molecule has 1 unspecified atom stereocenters. The molecule has 2 aliphatic heterocycles. The Bertz CT molecular complexity index is 1890. The fourth-order valence-corrected chi connectivity index (χ4v) is 8.43. The number of hydrogen-bond acceptors (Lipinski definition) is 9. The second-order valence-electron chi connectivity index (χ2n) is 14.2. The molecule has 3 heterocycles. The molecule has 2 aliphatic rings. The van der Waals surface area contributed by atoms with E-state index in [-0.39, 0.29) is 12.8 Å². The van der Waals surface area contributed by atoms with Crippen LogP contribution in [0.5, 0.6) is 5.75 Å². The van der Waals surface area contributed by atoms with E-state index in [1.807, 2.05) is 98.9 Å². The van der Waals surface area contributed by atoms with Gasteiger partial charge in [0.1, 0.15) is 23.3 Å². The topological polar surface area (TPSA) is 132 Å². The number of aromatic nitrogens is 2. The summed E-state index contributed by atoms with van der Waals surface area (Å²) in [6, 6.07) is 27.4. The Morgan fingerprint density at radius 1 is 0.946 bits per heavy atom. The molecule has 0 saturated carbocycles. The van der Waals surface area contributed by atoms with Crippen molar-refractivity contribution in [2.45, 2.75) is 64.6 Å². The van der Waals surface area contributed by atoms with Gasteiger partial charge in [0.25, 0.3) is 0 Å². The first-order chi connectivity index (χ1) is 27.1. The van der Waals surface area contributed by atoms with E-state index in [0.717, 1.165) is 41.9 Å². The van der Waals surface area contributed by atoms with Gasteiger partial charge in [0.15, 0.2) is 18.2 Å². The van der Waals surface area contributed by atoms with Crippen molar-refractivity contribution in [2.24, 2.45) is 10.9 Å². The molecule has 1 N–H and O–H groups in total. The summed E-state index contributed by atoms with van der Waals surface area (Å²) in [4.78, 5) is 38.5. The van der Waals surface area contributed by atoms with Gasteiger partial charge in [-0.2, -0.15) is 4.98 Å². The van der Waals surface area contributed by atoms with E-state index in [1.54, 1.807) is 18.2 Å². The summed E-state index contributed by atoms with van der Waals surface area (Å²) >= 11 is 0. The predicted octanol–water partition coefficient (Wildman–Crippen LogP) is 4.89. The van der Waals surface area contributed by atoms with Crippen LogP contribution in [-0.2, 0) is 24.4 Å². The number of quaternary nitrogens is 1. The van der Waals surface area contributed by atoms with Crippen molar-refractivity contribution in [1.29, 1.82) is 0 Å². The summed E-state index contributed by atoms with van der Waals surface area (Å²) in [7, 11) is 2.26. The molecule has 2 saturated heterocycles. The van der Waals surface area contributed by atoms with E-state index in [2.05, 4.69) is 35.6 Å². The van der Waals surface area contributed by atoms with E-state index < -0.39 is 43.7 Å². The highest BCUT2D eigenvalue weighted by molar-refractivity contribution is 7.36. The van der Waals surface area contributed by atoms with Crippen LogP contribution in [0.2, 0.25) is 0 Å². The average Bonchev–Trinajstić information content (AvgIpc) is 3.79. The van der Waals surface area contributed by atoms with E-state index in [4.69, 9.17) is 18.9 Å². The largest absolute Gasteiger partial charge is 0.596 e. The number of amidine groups is 1. The van der Waals surface area contributed by atoms with Gasteiger partial charge < -0.3 is 33.6 Å². The Balaban J connectivity index is 0.000000784. The van der Waals surface area contributed by atoms with Crippen molar-refractivity contribution >= 4 is 19.7 Å². The lowest BCUT2D eigenvalue weighted by Crippen LogP contribution is -3.11. The summed E-state index contributed by atoms with van der Waals surface area (Å²) in [5, 5.41) is 0. The van der Waals surface area contributed by atoms with Gasteiger partial charge in [-0.3, -0.25) is 4.57 Å². The van der Waals surface area contributed by atoms with Gasteiger partial charge in [-0.1, -0.05) is 77.4 Å². The minimum Gasteiger partial charge on any atom is -0.596 e. The number of aryl methyl sites for hydroxylation is 1. The average molecular weight is 787 g/mol. The summed E-state index contributed by atoms with van der Waals surface area (Å²) in [5.41, 5.74) is 1.60. The fraction of sp³-hybridized carbons (Fsp3) is 0.465. The second-order valence-corrected chi connectivity index (χ2v) is 15.2. The lowest BCUT2D eigenvalue weighted by molar-refractivity contribution is -0.894. The van der Waals surface area contributed by atoms with Gasteiger partial charge in [-0.25, -0.2) is 9.79 Å². The number of ether oxygens (including phenoxy) is 4. The number of benzene rings is 3. The quantitative estimate of drug-likeness (QED) is 0.132. The SMILES string of the molecule is CC[NH+](CC)CC.COc1ccc(C(OC[C@H]2O[C@@H](n3cc(C)c(N=C4CCCN4C)nc3=O)[C@H](OC)[C@@H]2C[P+](=O)[O-])(c2ccccc2)c2ccccc2)cc1. The third-order valence-electron chi connectivity index (χ3n) is 10.9. The number of hydrogen-bond donors (Lipinski definition) is 1. The minimum atomic E-state index is -2.82. The maximum atomic E-state index is 13.5. The van der Waals surface area contributed by atoms with Crippen LogP contribution in [-0.4, -0.2) is 92.7 Å². The van der Waals surface area contributed by atoms with E-state index >= 15 is 0 Å². The number of methoxy groups -OCH3 is 2. The third kappa shape index (κ3) is 9.80. The maximum Gasteiger partial charge on any atom is 0.351 e. The molecule has 6 rings (SSSR count). The first-order valence-electron chi connectivity index (χ1n) is 19.5. The standard InChI is InChI=1S/C37H41N4O7P.C6H15N/c1-25-22-41(36(42)39-34(25)38-32-16-11-21-40(32)2)35-33(46-4)30(24-49(43)44)31(48-35)23-47-37(26-12-7-5-8-13-26,27-14-9-6-10-15-27)28-17-19-29(45-3)20-18-28;1-4-7(5-2)6-3/h5-10,12-15,17-20,22,30-31,33,35H,11,16,21,23-24H2,1-4H3;4-6H2,1-3H3/p+1/t30-,31-,33-,35-;/m1./s1. The van der Waals surface area contributed by atoms with Crippen LogP contribution in [0.25, 0.3) is 0 Å². The van der Waals surface area contributed by atoms with Crippen LogP contribution in [0.4, 0.5) is 5.82 Å². The van der Waals surface area contributed by atoms with Crippen LogP contribution >= 0.6 is 8.03 Å². The maximum absolute atomic E-state index is 13.5. The van der Waals surface area contributed by atoms with Crippen molar-refractivity contribution in [3.05, 3.63) is 124 Å². The first kappa shape index (κ1) is 42.8. The molecule has 4 aromatic rings. The van der Waals surface area contributed by atoms with Gasteiger partial charge in [0.2, 0.25) is 0 Å². The highest BCUT2D eigenvalue weighted by Crippen LogP contribution is 2.44. The lowest BCUT2D eigenvalue weighted by Gasteiger charge is -2.37. The molecule has 12 nitrogen and oxygen atoms in total. The van der Waals surface area contributed by atoms with Crippen molar-refractivity contribution < 1.29 is 33.3 Å². The van der Waals surface area contributed by atoms with Crippen LogP contribution in [0.3, 0.4) is 0 Å². The predicted molar refractivity (Wildman–Crippen MR) is 217 cm³/mol. The summed E-state index contributed by atoms with van der Waals surface area (Å²) in [6.45, 7) is 13.2. The third-order valence-corrected chi connectivity index (χ3v) is 11.6. The normalized spacial score (nSPS) is 20.6. The molecular weight excluding hydrogens is 729 g/mol. The van der Waals surface area contributed by atoms with Gasteiger partial charge in [0.05, 0.1) is 45.4 Å². The summed E-state index contributed by atoms with van der Waals surface area (Å²) in [6.07, 6.45) is 0.778. The number of likely N-dealkylation sites (tertiary alicyclic amines) is 1. The Labute approximate surface area is 332 Å². The van der Waals surface area contributed by atoms with E-state index in [1.165, 1.54) is 31.3 Å². The molecule has 3 aromatic carbocycles. The monoisotopic (exact) mass is 786 g/mol. The molecule has 0 amide bonds. The molecule has 13 heteroatoms. The zero-order valence-corrected chi connectivity index (χ0v) is 34.6. The molecule has 56 heavy (non-hydrogen) atoms. The van der Waals surface area contributed by atoms with Gasteiger partial charge in [-0.15, -0.1) is 0 Å². The van der Waals surface area contributed by atoms with Crippen molar-refractivity contribution in [3.8, 4) is 5.75 Å². The van der Waals surface area contributed by atoms with Crippen LogP contribution < -0.4 is 20.2 Å². The molecule has 0 aliphatic carbocycles. The zero-order chi connectivity index (χ0) is 40.2. The van der Waals surface area contributed by atoms with Gasteiger partial charge >= 0.3 is 13.7 Å². The van der Waals surface area contributed by atoms with Crippen LogP contribution in [0.15, 0.2) is 101 Å². The van der Waals surface area contributed by atoms with Crippen molar-refractivity contribution in [2.75, 3.05) is 60.2 Å². The van der Waals surface area contributed by atoms with Crippen molar-refractivity contribution in [1.82, 2.24) is 14.5 Å². The highest BCUT2D eigenvalue weighted by atomic mass is 31.1. The van der Waals surface area contributed by atoms with Gasteiger partial charge in [0, 0.05) is 38.9 Å². The molecule has 0 radical (unpaired) electrons. The molecule has 2 fully saturated rings. The minimum absolute atomic E-state index is 0.0146. The van der Waals surface area contributed by atoms with Crippen molar-refractivity contribution in [3.63, 3.8) is 0 Å². The number of nitrogens with one attached hydrogen (secondary N) is 1. The fourth-order valence-electron chi connectivity index (χ4n) is 7.64. The first-order valence-corrected chi connectivity index (χ1v) is 20.9. The smallest absolute Gasteiger partial charge is 0.351 e. The molecule has 1 aromatic heterocycles. The van der Waals surface area contributed by atoms with Crippen LogP contribution in [0.1, 0.15) is 62.1 Å². The molecule has 300 valence electrons. The zero-order valence-electron chi connectivity index (χ0n) is 33.7. The van der Waals surface area contributed by atoms with Gasteiger partial charge in [-0.05, 0) is 62.9 Å². The summed E-state index contributed by atoms with van der Waals surface area (Å²) in [5.74, 6) is 1.29. The van der Waals surface area contributed by atoms with Crippen LogP contribution in [0, 0.1) is 12.8 Å². The molecule has 0 bridgehead atoms. The Morgan fingerprint density at radius 3 is 2.02 bits per heavy atom. The second kappa shape index (κ2) is 20.2. The van der Waals surface area contributed by atoms with E-state index in [9.17, 15) is 14.3 Å².